The molecule has 0 radical (unpaired) electrons. The highest BCUT2D eigenvalue weighted by Crippen LogP contribution is 2.52. The van der Waals surface area contributed by atoms with Crippen molar-refractivity contribution < 1.29 is 4.74 Å². The molecule has 3 aromatic carbocycles. The minimum Gasteiger partial charge on any atom is -0.456 e. The molecule has 156 valence electrons. The summed E-state index contributed by atoms with van der Waals surface area (Å²) in [4.78, 5) is 0. The fraction of sp³-hybridized carbons (Fsp3) is 0.103. The zero-order valence-electron chi connectivity index (χ0n) is 18.0. The Morgan fingerprint density at radius 2 is 1.59 bits per heavy atom. The molecule has 0 N–H and O–H groups in total. The van der Waals surface area contributed by atoms with Crippen molar-refractivity contribution in [2.45, 2.75) is 18.8 Å². The summed E-state index contributed by atoms with van der Waals surface area (Å²) in [5, 5.41) is 7.98. The van der Waals surface area contributed by atoms with Crippen LogP contribution in [0.2, 0.25) is 0 Å². The maximum Gasteiger partial charge on any atom is 0.140 e. The molecule has 5 rings (SSSR count). The van der Waals surface area contributed by atoms with E-state index in [4.69, 9.17) is 4.74 Å². The van der Waals surface area contributed by atoms with E-state index in [-0.39, 0.29) is 5.41 Å². The van der Waals surface area contributed by atoms with E-state index in [2.05, 4.69) is 96.7 Å². The van der Waals surface area contributed by atoms with Gasteiger partial charge in [-0.2, -0.15) is 10.2 Å². The van der Waals surface area contributed by atoms with Crippen molar-refractivity contribution in [1.82, 2.24) is 0 Å². The second kappa shape index (κ2) is 8.27. The van der Waals surface area contributed by atoms with Crippen molar-refractivity contribution >= 4 is 24.1 Å². The number of nitrogens with zero attached hydrogens (tertiary/aromatic N) is 2. The third-order valence-corrected chi connectivity index (χ3v) is 6.31. The number of para-hydroxylation sites is 1. The molecule has 0 aromatic heterocycles. The molecule has 1 atom stereocenters. The predicted octanol–water partition coefficient (Wildman–Crippen LogP) is 6.85. The highest BCUT2D eigenvalue weighted by molar-refractivity contribution is 6.15. The van der Waals surface area contributed by atoms with E-state index in [0.29, 0.717) is 0 Å². The van der Waals surface area contributed by atoms with Gasteiger partial charge in [-0.1, -0.05) is 97.9 Å². The highest BCUT2D eigenvalue weighted by atomic mass is 16.5. The standard InChI is InChI=1S/C29H24N2O/c1-3-29(22-14-8-5-9-15-22)19-18-23(21-12-6-4-7-13-21)28-27(29)25(20-31-30-2)24-16-10-11-17-26(24)32-28/h4-20H,2-3H2,1H3. The van der Waals surface area contributed by atoms with Crippen molar-refractivity contribution in [3.8, 4) is 5.75 Å². The van der Waals surface area contributed by atoms with E-state index in [0.717, 1.165) is 45.8 Å². The highest BCUT2D eigenvalue weighted by Gasteiger charge is 2.43. The summed E-state index contributed by atoms with van der Waals surface area (Å²) >= 11 is 0. The molecule has 32 heavy (non-hydrogen) atoms. The van der Waals surface area contributed by atoms with Crippen LogP contribution in [-0.2, 0) is 5.41 Å². The summed E-state index contributed by atoms with van der Waals surface area (Å²) in [7, 11) is 0. The van der Waals surface area contributed by atoms with Gasteiger partial charge in [0.25, 0.3) is 0 Å². The summed E-state index contributed by atoms with van der Waals surface area (Å²) in [6.45, 7) is 5.77. The molecule has 0 saturated carbocycles. The van der Waals surface area contributed by atoms with Crippen LogP contribution in [0.15, 0.2) is 119 Å². The lowest BCUT2D eigenvalue weighted by Gasteiger charge is -2.41. The molecular weight excluding hydrogens is 392 g/mol. The molecular formula is C29H24N2O. The van der Waals surface area contributed by atoms with Crippen LogP contribution in [0.5, 0.6) is 5.75 Å². The number of fused-ring (bicyclic) bond motifs is 2. The van der Waals surface area contributed by atoms with E-state index >= 15 is 0 Å². The zero-order valence-corrected chi connectivity index (χ0v) is 18.0. The molecule has 0 spiro atoms. The van der Waals surface area contributed by atoms with Gasteiger partial charge in [0.05, 0.1) is 6.21 Å². The van der Waals surface area contributed by atoms with E-state index in [9.17, 15) is 0 Å². The van der Waals surface area contributed by atoms with Crippen LogP contribution in [0.25, 0.3) is 11.1 Å². The van der Waals surface area contributed by atoms with E-state index < -0.39 is 0 Å². The molecule has 1 unspecified atom stereocenters. The molecule has 1 aliphatic carbocycles. The number of rotatable bonds is 5. The first-order valence-corrected chi connectivity index (χ1v) is 10.8. The summed E-state index contributed by atoms with van der Waals surface area (Å²) in [6.07, 6.45) is 7.21. The van der Waals surface area contributed by atoms with Gasteiger partial charge in [-0.15, -0.1) is 0 Å². The largest absolute Gasteiger partial charge is 0.456 e. The van der Waals surface area contributed by atoms with Gasteiger partial charge in [0, 0.05) is 34.4 Å². The van der Waals surface area contributed by atoms with Crippen LogP contribution in [0.4, 0.5) is 0 Å². The van der Waals surface area contributed by atoms with Gasteiger partial charge in [-0.3, -0.25) is 0 Å². The van der Waals surface area contributed by atoms with Gasteiger partial charge in [0.2, 0.25) is 0 Å². The average Bonchev–Trinajstić information content (AvgIpc) is 2.87. The van der Waals surface area contributed by atoms with Crippen LogP contribution in [0.1, 0.15) is 30.0 Å². The van der Waals surface area contributed by atoms with E-state index in [1.165, 1.54) is 5.56 Å². The summed E-state index contributed by atoms with van der Waals surface area (Å²) in [5.74, 6) is 1.69. The summed E-state index contributed by atoms with van der Waals surface area (Å²) < 4.78 is 6.65. The second-order valence-corrected chi connectivity index (χ2v) is 7.91. The number of benzene rings is 3. The third-order valence-electron chi connectivity index (χ3n) is 6.31. The molecule has 1 aliphatic heterocycles. The lowest BCUT2D eigenvalue weighted by Crippen LogP contribution is -2.33. The van der Waals surface area contributed by atoms with E-state index in [1.54, 1.807) is 0 Å². The zero-order chi connectivity index (χ0) is 22.0. The van der Waals surface area contributed by atoms with Crippen LogP contribution in [0, 0.1) is 0 Å². The van der Waals surface area contributed by atoms with Crippen molar-refractivity contribution in [3.63, 3.8) is 0 Å². The maximum absolute atomic E-state index is 6.65. The Hall–Kier alpha value is -3.98. The average molecular weight is 417 g/mol. The fourth-order valence-electron chi connectivity index (χ4n) is 4.77. The van der Waals surface area contributed by atoms with Gasteiger partial charge < -0.3 is 4.74 Å². The summed E-state index contributed by atoms with van der Waals surface area (Å²) in [6, 6.07) is 29.1. The lowest BCUT2D eigenvalue weighted by atomic mass is 9.65. The topological polar surface area (TPSA) is 34.0 Å². The fourth-order valence-corrected chi connectivity index (χ4v) is 4.77. The van der Waals surface area contributed by atoms with Crippen LogP contribution < -0.4 is 4.74 Å². The Kier molecular flexibility index (Phi) is 5.16. The van der Waals surface area contributed by atoms with Crippen molar-refractivity contribution in [1.29, 1.82) is 0 Å². The minimum absolute atomic E-state index is 0.356. The molecule has 0 fully saturated rings. The first kappa shape index (κ1) is 20.0. The van der Waals surface area contributed by atoms with Gasteiger partial charge in [-0.05, 0) is 23.6 Å². The van der Waals surface area contributed by atoms with Gasteiger partial charge >= 0.3 is 0 Å². The van der Waals surface area contributed by atoms with Crippen molar-refractivity contribution in [2.75, 3.05) is 0 Å². The van der Waals surface area contributed by atoms with Gasteiger partial charge in [0.15, 0.2) is 0 Å². The number of hydrogen-bond acceptors (Lipinski definition) is 3. The van der Waals surface area contributed by atoms with Gasteiger partial charge in [0.1, 0.15) is 11.5 Å². The molecule has 0 saturated heterocycles. The Balaban J connectivity index is 1.90. The van der Waals surface area contributed by atoms with E-state index in [1.807, 2.05) is 30.5 Å². The van der Waals surface area contributed by atoms with Gasteiger partial charge in [-0.25, -0.2) is 0 Å². The summed E-state index contributed by atoms with van der Waals surface area (Å²) in [5.41, 5.74) is 6.18. The molecule has 0 bridgehead atoms. The van der Waals surface area contributed by atoms with Crippen LogP contribution >= 0.6 is 0 Å². The number of ether oxygens (including phenoxy) is 1. The molecule has 0 amide bonds. The van der Waals surface area contributed by atoms with Crippen LogP contribution in [0.3, 0.4) is 0 Å². The Labute approximate surface area is 188 Å². The predicted molar refractivity (Wildman–Crippen MR) is 133 cm³/mol. The quantitative estimate of drug-likeness (QED) is 0.331. The third kappa shape index (κ3) is 3.14. The maximum atomic E-state index is 6.65. The Morgan fingerprint density at radius 1 is 0.906 bits per heavy atom. The molecule has 3 heteroatoms. The minimum atomic E-state index is -0.356. The SMILES string of the molecule is C=NN=CC1=C2C(=C(c3ccccc3)C=CC2(CC)c2ccccc2)Oc2ccccc21. The Morgan fingerprint density at radius 3 is 2.31 bits per heavy atom. The monoisotopic (exact) mass is 416 g/mol. The molecule has 3 nitrogen and oxygen atoms in total. The lowest BCUT2D eigenvalue weighted by molar-refractivity contribution is 0.407. The molecule has 1 heterocycles. The molecule has 3 aromatic rings. The first-order valence-electron chi connectivity index (χ1n) is 10.8. The van der Waals surface area contributed by atoms with Crippen LogP contribution in [-0.4, -0.2) is 12.9 Å². The Bertz CT molecular complexity index is 1280. The molecule has 2 aliphatic rings. The van der Waals surface area contributed by atoms with Crippen molar-refractivity contribution in [2.24, 2.45) is 10.2 Å². The number of hydrogen-bond donors (Lipinski definition) is 0. The van der Waals surface area contributed by atoms with Crippen molar-refractivity contribution in [3.05, 3.63) is 125 Å². The second-order valence-electron chi connectivity index (χ2n) is 7.91. The smallest absolute Gasteiger partial charge is 0.140 e. The first-order chi connectivity index (χ1) is 15.8. The normalized spacial score (nSPS) is 19.5. The number of allylic oxidation sites excluding steroid dienone is 5.